The summed E-state index contributed by atoms with van der Waals surface area (Å²) in [6, 6.07) is 0. The van der Waals surface area contributed by atoms with Crippen molar-refractivity contribution >= 4 is 0 Å². The van der Waals surface area contributed by atoms with Crippen LogP contribution >= 0.6 is 0 Å². The molecule has 0 amide bonds. The second kappa shape index (κ2) is 3.51. The van der Waals surface area contributed by atoms with E-state index in [1.807, 2.05) is 0 Å². The van der Waals surface area contributed by atoms with E-state index >= 15 is 0 Å². The van der Waals surface area contributed by atoms with Crippen LogP contribution in [0.25, 0.3) is 0 Å². The predicted octanol–water partition coefficient (Wildman–Crippen LogP) is 3.34. The minimum absolute atomic E-state index is 0.103. The first-order chi connectivity index (χ1) is 8.37. The van der Waals surface area contributed by atoms with Gasteiger partial charge in [0.05, 0.1) is 5.60 Å². The van der Waals surface area contributed by atoms with Crippen LogP contribution in [0, 0.1) is 11.3 Å². The van der Waals surface area contributed by atoms with Gasteiger partial charge in [0, 0.05) is 11.3 Å². The van der Waals surface area contributed by atoms with Crippen LogP contribution in [-0.2, 0) is 4.74 Å². The van der Waals surface area contributed by atoms with Gasteiger partial charge in [0.2, 0.25) is 0 Å². The average Bonchev–Trinajstić information content (AvgIpc) is 2.55. The Balaban J connectivity index is 2.00. The van der Waals surface area contributed by atoms with E-state index in [1.54, 1.807) is 0 Å². The highest BCUT2D eigenvalue weighted by atomic mass is 16.5. The maximum absolute atomic E-state index is 11.1. The molecule has 1 aliphatic heterocycles. The number of hydrogen-bond donors (Lipinski definition) is 1. The van der Waals surface area contributed by atoms with Crippen molar-refractivity contribution in [1.29, 1.82) is 0 Å². The normalized spacial score (nSPS) is 47.6. The number of aliphatic hydroxyl groups is 1. The number of allylic oxidation sites excluding steroid dienone is 1. The molecule has 1 saturated heterocycles. The molecule has 0 aromatic rings. The number of rotatable bonds is 0. The number of fused-ring (bicyclic) bond motifs is 2. The van der Waals surface area contributed by atoms with E-state index in [-0.39, 0.29) is 17.4 Å². The van der Waals surface area contributed by atoms with Crippen LogP contribution in [0.4, 0.5) is 0 Å². The number of hydrogen-bond acceptors (Lipinski definition) is 2. The van der Waals surface area contributed by atoms with Gasteiger partial charge in [-0.05, 0) is 43.3 Å². The van der Waals surface area contributed by atoms with Crippen molar-refractivity contribution in [3.63, 3.8) is 0 Å². The summed E-state index contributed by atoms with van der Waals surface area (Å²) in [5.74, 6) is 0.923. The molecular weight excluding hydrogens is 224 g/mol. The van der Waals surface area contributed by atoms with Gasteiger partial charge in [-0.2, -0.15) is 0 Å². The van der Waals surface area contributed by atoms with Crippen molar-refractivity contribution in [2.45, 2.75) is 50.7 Å². The Labute approximate surface area is 109 Å². The molecule has 0 radical (unpaired) electrons. The molecular formula is C16H22O2. The first-order valence-corrected chi connectivity index (χ1v) is 6.83. The molecule has 2 aliphatic carbocycles. The van der Waals surface area contributed by atoms with Gasteiger partial charge in [-0.3, -0.25) is 0 Å². The highest BCUT2D eigenvalue weighted by Crippen LogP contribution is 2.59. The lowest BCUT2D eigenvalue weighted by molar-refractivity contribution is -0.133. The Morgan fingerprint density at radius 1 is 1.28 bits per heavy atom. The van der Waals surface area contributed by atoms with Crippen LogP contribution in [0.2, 0.25) is 0 Å². The summed E-state index contributed by atoms with van der Waals surface area (Å²) in [4.78, 5) is 0. The van der Waals surface area contributed by atoms with Crippen LogP contribution in [0.15, 0.2) is 36.6 Å². The van der Waals surface area contributed by atoms with Crippen LogP contribution in [0.3, 0.4) is 0 Å². The Bertz CT molecular complexity index is 450. The van der Waals surface area contributed by atoms with Gasteiger partial charge >= 0.3 is 0 Å². The Kier molecular flexibility index (Phi) is 2.34. The van der Waals surface area contributed by atoms with Crippen LogP contribution in [0.5, 0.6) is 0 Å². The fourth-order valence-electron chi connectivity index (χ4n) is 4.17. The van der Waals surface area contributed by atoms with E-state index in [9.17, 15) is 5.11 Å². The molecule has 2 nitrogen and oxygen atoms in total. The van der Waals surface area contributed by atoms with Crippen LogP contribution in [0.1, 0.15) is 39.0 Å². The Hall–Kier alpha value is -1.02. The lowest BCUT2D eigenvalue weighted by atomic mass is 9.53. The summed E-state index contributed by atoms with van der Waals surface area (Å²) in [6.45, 7) is 14.3. The SMILES string of the molecule is C=C1O[C@@H]2C[C@@]3(C)CCCC(=C)[C@]3(O)C[C@@H]2C1=C. The molecule has 3 fully saturated rings. The van der Waals surface area contributed by atoms with E-state index in [4.69, 9.17) is 4.74 Å². The van der Waals surface area contributed by atoms with Crippen molar-refractivity contribution in [1.82, 2.24) is 0 Å². The molecule has 0 aromatic carbocycles. The molecule has 2 heteroatoms. The lowest BCUT2D eigenvalue weighted by Gasteiger charge is -2.55. The third-order valence-corrected chi connectivity index (χ3v) is 5.51. The molecule has 3 rings (SSSR count). The van der Waals surface area contributed by atoms with E-state index in [0.717, 1.165) is 36.8 Å². The standard InChI is InChI=1S/C16H22O2/c1-10-6-5-7-15(4)9-14-13(8-16(10,15)17)11(2)12(3)18-14/h13-14,17H,1-3,5-9H2,4H3/t13-,14-,15-,16-/m1/s1. The van der Waals surface area contributed by atoms with E-state index in [2.05, 4.69) is 26.7 Å². The molecule has 0 bridgehead atoms. The first kappa shape index (κ1) is 12.0. The summed E-state index contributed by atoms with van der Waals surface area (Å²) in [6.07, 6.45) is 4.85. The predicted molar refractivity (Wildman–Crippen MR) is 71.9 cm³/mol. The van der Waals surface area contributed by atoms with Gasteiger partial charge in [-0.15, -0.1) is 0 Å². The molecule has 1 N–H and O–H groups in total. The molecule has 18 heavy (non-hydrogen) atoms. The molecule has 0 spiro atoms. The minimum atomic E-state index is -0.747. The molecule has 0 unspecified atom stereocenters. The monoisotopic (exact) mass is 246 g/mol. The summed E-state index contributed by atoms with van der Waals surface area (Å²) >= 11 is 0. The Morgan fingerprint density at radius 2 is 2.00 bits per heavy atom. The fourth-order valence-corrected chi connectivity index (χ4v) is 4.17. The molecule has 2 saturated carbocycles. The van der Waals surface area contributed by atoms with Crippen LogP contribution < -0.4 is 0 Å². The van der Waals surface area contributed by atoms with Crippen LogP contribution in [-0.4, -0.2) is 16.8 Å². The van der Waals surface area contributed by atoms with E-state index < -0.39 is 5.60 Å². The van der Waals surface area contributed by atoms with Crippen molar-refractivity contribution in [3.05, 3.63) is 36.6 Å². The highest BCUT2D eigenvalue weighted by molar-refractivity contribution is 5.35. The largest absolute Gasteiger partial charge is 0.490 e. The maximum atomic E-state index is 11.1. The molecule has 3 aliphatic rings. The van der Waals surface area contributed by atoms with Crippen molar-refractivity contribution < 1.29 is 9.84 Å². The van der Waals surface area contributed by atoms with E-state index in [0.29, 0.717) is 12.2 Å². The average molecular weight is 246 g/mol. The summed E-state index contributed by atoms with van der Waals surface area (Å²) in [5, 5.41) is 11.1. The van der Waals surface area contributed by atoms with Gasteiger partial charge < -0.3 is 9.84 Å². The smallest absolute Gasteiger partial charge is 0.115 e. The second-order valence-electron chi connectivity index (χ2n) is 6.50. The topological polar surface area (TPSA) is 29.5 Å². The zero-order valence-corrected chi connectivity index (χ0v) is 11.2. The highest BCUT2D eigenvalue weighted by Gasteiger charge is 2.59. The summed E-state index contributed by atoms with van der Waals surface area (Å²) in [7, 11) is 0. The minimum Gasteiger partial charge on any atom is -0.490 e. The van der Waals surface area contributed by atoms with Gasteiger partial charge in [0.15, 0.2) is 0 Å². The quantitative estimate of drug-likeness (QED) is 0.664. The third-order valence-electron chi connectivity index (χ3n) is 5.51. The first-order valence-electron chi connectivity index (χ1n) is 6.83. The van der Waals surface area contributed by atoms with Gasteiger partial charge in [0.1, 0.15) is 11.9 Å². The molecule has 0 aromatic heterocycles. The Morgan fingerprint density at radius 3 is 2.72 bits per heavy atom. The van der Waals surface area contributed by atoms with Crippen molar-refractivity contribution in [3.8, 4) is 0 Å². The summed E-state index contributed by atoms with van der Waals surface area (Å²) < 4.78 is 5.84. The van der Waals surface area contributed by atoms with E-state index in [1.165, 1.54) is 0 Å². The lowest BCUT2D eigenvalue weighted by Crippen LogP contribution is -2.57. The molecule has 4 atom stereocenters. The van der Waals surface area contributed by atoms with Gasteiger partial charge in [0.25, 0.3) is 0 Å². The summed E-state index contributed by atoms with van der Waals surface area (Å²) in [5.41, 5.74) is 1.12. The number of ether oxygens (including phenoxy) is 1. The molecule has 98 valence electrons. The zero-order valence-electron chi connectivity index (χ0n) is 11.2. The second-order valence-corrected chi connectivity index (χ2v) is 6.50. The zero-order chi connectivity index (χ0) is 13.1. The van der Waals surface area contributed by atoms with Crippen molar-refractivity contribution in [2.24, 2.45) is 11.3 Å². The molecule has 1 heterocycles. The van der Waals surface area contributed by atoms with Crippen molar-refractivity contribution in [2.75, 3.05) is 0 Å². The fraction of sp³-hybridized carbons (Fsp3) is 0.625. The van der Waals surface area contributed by atoms with Gasteiger partial charge in [-0.25, -0.2) is 0 Å². The third kappa shape index (κ3) is 1.33. The van der Waals surface area contributed by atoms with Gasteiger partial charge in [-0.1, -0.05) is 26.7 Å². The maximum Gasteiger partial charge on any atom is 0.115 e.